The first-order valence-corrected chi connectivity index (χ1v) is 11.9. The van der Waals surface area contributed by atoms with Crippen LogP contribution in [0.4, 0.5) is 0 Å². The molecular weight excluding hydrogens is 424 g/mol. The molecule has 2 heterocycles. The molecule has 0 aliphatic carbocycles. The fourth-order valence-electron chi connectivity index (χ4n) is 4.95. The molecule has 2 aromatic rings. The highest BCUT2D eigenvalue weighted by Gasteiger charge is 2.68. The van der Waals surface area contributed by atoms with E-state index in [0.717, 1.165) is 33.1 Å². The van der Waals surface area contributed by atoms with Crippen LogP contribution in [0.1, 0.15) is 30.5 Å². The number of nitrogens with zero attached hydrogens (tertiary/aromatic N) is 1. The molecule has 0 bridgehead atoms. The van der Waals surface area contributed by atoms with Gasteiger partial charge >= 0.3 is 5.97 Å². The van der Waals surface area contributed by atoms with Crippen LogP contribution >= 0.6 is 11.8 Å². The summed E-state index contributed by atoms with van der Waals surface area (Å²) in [6, 6.07) is 17.1. The molecule has 2 aliphatic rings. The Morgan fingerprint density at radius 3 is 2.41 bits per heavy atom. The van der Waals surface area contributed by atoms with Crippen molar-refractivity contribution < 1.29 is 19.1 Å². The second-order valence-corrected chi connectivity index (χ2v) is 9.57. The highest BCUT2D eigenvalue weighted by atomic mass is 32.2. The predicted octanol–water partition coefficient (Wildman–Crippen LogP) is 3.22. The van der Waals surface area contributed by atoms with Crippen LogP contribution in [0.2, 0.25) is 0 Å². The topological polar surface area (TPSA) is 75.7 Å². The number of ether oxygens (including phenoxy) is 1. The van der Waals surface area contributed by atoms with Gasteiger partial charge in [0.2, 0.25) is 11.8 Å². The molecule has 0 radical (unpaired) electrons. The summed E-state index contributed by atoms with van der Waals surface area (Å²) < 4.78 is 5.20. The molecular formula is C25H28N2O4S. The fraction of sp³-hybridized carbons (Fsp3) is 0.400. The van der Waals surface area contributed by atoms with Crippen LogP contribution in [-0.4, -0.2) is 48.1 Å². The van der Waals surface area contributed by atoms with Gasteiger partial charge in [0.25, 0.3) is 0 Å². The monoisotopic (exact) mass is 452 g/mol. The summed E-state index contributed by atoms with van der Waals surface area (Å²) in [6.07, 6.45) is 1.35. The van der Waals surface area contributed by atoms with Gasteiger partial charge in [0.05, 0.1) is 18.9 Å². The normalized spacial score (nSPS) is 27.0. The third-order valence-electron chi connectivity index (χ3n) is 6.46. The Morgan fingerprint density at radius 2 is 1.78 bits per heavy atom. The van der Waals surface area contributed by atoms with E-state index >= 15 is 0 Å². The van der Waals surface area contributed by atoms with Gasteiger partial charge in [-0.15, -0.1) is 11.8 Å². The molecule has 1 N–H and O–H groups in total. The molecule has 4 rings (SSSR count). The first kappa shape index (κ1) is 22.6. The molecule has 2 amide bonds. The lowest BCUT2D eigenvalue weighted by molar-refractivity contribution is -0.153. The van der Waals surface area contributed by atoms with Gasteiger partial charge in [0.15, 0.2) is 0 Å². The number of methoxy groups -OCH3 is 1. The maximum atomic E-state index is 13.2. The van der Waals surface area contributed by atoms with Crippen molar-refractivity contribution in [3.8, 4) is 0 Å². The molecule has 0 unspecified atom stereocenters. The van der Waals surface area contributed by atoms with Crippen molar-refractivity contribution in [2.45, 2.75) is 36.2 Å². The summed E-state index contributed by atoms with van der Waals surface area (Å²) in [5.74, 6) is -1.58. The predicted molar refractivity (Wildman–Crippen MR) is 123 cm³/mol. The Bertz CT molecular complexity index is 1010. The van der Waals surface area contributed by atoms with Gasteiger partial charge in [-0.2, -0.15) is 0 Å². The van der Waals surface area contributed by atoms with E-state index in [1.165, 1.54) is 14.2 Å². The third kappa shape index (κ3) is 3.73. The summed E-state index contributed by atoms with van der Waals surface area (Å²) in [6.45, 7) is 2.14. The lowest BCUT2D eigenvalue weighted by atomic mass is 9.76. The van der Waals surface area contributed by atoms with Crippen molar-refractivity contribution >= 4 is 29.5 Å². The molecule has 2 fully saturated rings. The number of fused-ring (bicyclic) bond motifs is 1. The summed E-state index contributed by atoms with van der Waals surface area (Å²) in [4.78, 5) is 41.9. The largest absolute Gasteiger partial charge is 0.468 e. The van der Waals surface area contributed by atoms with Gasteiger partial charge in [-0.05, 0) is 35.4 Å². The summed E-state index contributed by atoms with van der Waals surface area (Å²) in [5.41, 5.74) is 0.459. The number of likely N-dealkylation sites (tertiary alicyclic amines) is 1. The average Bonchev–Trinajstić information content (AvgIpc) is 3.28. The van der Waals surface area contributed by atoms with Crippen LogP contribution < -0.4 is 5.32 Å². The molecule has 0 aromatic heterocycles. The number of benzene rings is 2. The molecule has 2 aromatic carbocycles. The molecule has 2 aliphatic heterocycles. The number of hydrogen-bond donors (Lipinski definition) is 1. The molecule has 6 nitrogen and oxygen atoms in total. The van der Waals surface area contributed by atoms with Crippen LogP contribution in [0.3, 0.4) is 0 Å². The lowest BCUT2D eigenvalue weighted by Gasteiger charge is -2.32. The van der Waals surface area contributed by atoms with E-state index in [4.69, 9.17) is 4.74 Å². The Kier molecular flexibility index (Phi) is 6.40. The molecule has 4 atom stereocenters. The van der Waals surface area contributed by atoms with E-state index in [-0.39, 0.29) is 18.2 Å². The van der Waals surface area contributed by atoms with E-state index in [1.807, 2.05) is 54.6 Å². The van der Waals surface area contributed by atoms with Crippen molar-refractivity contribution in [1.82, 2.24) is 10.2 Å². The first-order valence-electron chi connectivity index (χ1n) is 10.9. The highest BCUT2D eigenvalue weighted by Crippen LogP contribution is 2.50. The maximum Gasteiger partial charge on any atom is 0.327 e. The standard InChI is InChI=1S/C25H28N2O4S/c1-4-14-32-18-12-10-17(11-13-18)21-19-20(23(29)27(2)22(19)28)25(26-21,24(30)31-3)15-16-8-6-5-7-9-16/h5-13,19-21,26H,4,14-15H2,1-3H3/t19-,20-,21-,25-/m1/s1. The highest BCUT2D eigenvalue weighted by molar-refractivity contribution is 7.99. The van der Waals surface area contributed by atoms with Crippen LogP contribution in [0.15, 0.2) is 59.5 Å². The number of carbonyl (C=O) groups is 3. The zero-order chi connectivity index (χ0) is 22.9. The van der Waals surface area contributed by atoms with E-state index in [0.29, 0.717) is 0 Å². The van der Waals surface area contributed by atoms with Gasteiger partial charge < -0.3 is 4.74 Å². The molecule has 0 spiro atoms. The van der Waals surface area contributed by atoms with Gasteiger partial charge in [-0.25, -0.2) is 0 Å². The summed E-state index contributed by atoms with van der Waals surface area (Å²) in [7, 11) is 2.82. The lowest BCUT2D eigenvalue weighted by Crippen LogP contribution is -2.57. The molecule has 0 saturated carbocycles. The minimum Gasteiger partial charge on any atom is -0.468 e. The zero-order valence-corrected chi connectivity index (χ0v) is 19.4. The number of esters is 1. The second-order valence-electron chi connectivity index (χ2n) is 8.40. The summed E-state index contributed by atoms with van der Waals surface area (Å²) in [5, 5.41) is 3.42. The maximum absolute atomic E-state index is 13.2. The van der Waals surface area contributed by atoms with E-state index in [1.54, 1.807) is 11.8 Å². The van der Waals surface area contributed by atoms with Gasteiger partial charge in [-0.1, -0.05) is 49.4 Å². The third-order valence-corrected chi connectivity index (χ3v) is 7.68. The van der Waals surface area contributed by atoms with Crippen molar-refractivity contribution in [3.63, 3.8) is 0 Å². The average molecular weight is 453 g/mol. The number of nitrogens with one attached hydrogen (secondary N) is 1. The fourth-order valence-corrected chi connectivity index (χ4v) is 5.72. The number of carbonyl (C=O) groups excluding carboxylic acids is 3. The van der Waals surface area contributed by atoms with Crippen LogP contribution in [0.25, 0.3) is 0 Å². The smallest absolute Gasteiger partial charge is 0.327 e. The second kappa shape index (κ2) is 9.08. The molecule has 32 heavy (non-hydrogen) atoms. The van der Waals surface area contributed by atoms with E-state index in [2.05, 4.69) is 12.2 Å². The van der Waals surface area contributed by atoms with Crippen LogP contribution in [0.5, 0.6) is 0 Å². The number of thioether (sulfide) groups is 1. The zero-order valence-electron chi connectivity index (χ0n) is 18.5. The minimum atomic E-state index is -1.32. The van der Waals surface area contributed by atoms with E-state index < -0.39 is 29.4 Å². The number of imide groups is 1. The number of amides is 2. The van der Waals surface area contributed by atoms with Crippen molar-refractivity contribution in [2.75, 3.05) is 19.9 Å². The first-order chi connectivity index (χ1) is 15.4. The Balaban J connectivity index is 1.77. The van der Waals surface area contributed by atoms with Crippen molar-refractivity contribution in [3.05, 3.63) is 65.7 Å². The van der Waals surface area contributed by atoms with Crippen LogP contribution in [0, 0.1) is 11.8 Å². The SMILES string of the molecule is CCCSc1ccc([C@H]2N[C@@](Cc3ccccc3)(C(=O)OC)[C@H]3C(=O)N(C)C(=O)[C@@H]23)cc1. The number of rotatable bonds is 7. The Labute approximate surface area is 192 Å². The van der Waals surface area contributed by atoms with Gasteiger partial charge in [0.1, 0.15) is 5.54 Å². The molecule has 7 heteroatoms. The molecule has 168 valence electrons. The quantitative estimate of drug-likeness (QED) is 0.395. The van der Waals surface area contributed by atoms with Crippen LogP contribution in [-0.2, 0) is 25.5 Å². The minimum absolute atomic E-state index is 0.259. The van der Waals surface area contributed by atoms with Crippen molar-refractivity contribution in [2.24, 2.45) is 11.8 Å². The van der Waals surface area contributed by atoms with Gasteiger partial charge in [-0.3, -0.25) is 24.6 Å². The van der Waals surface area contributed by atoms with E-state index in [9.17, 15) is 14.4 Å². The Morgan fingerprint density at radius 1 is 1.09 bits per heavy atom. The van der Waals surface area contributed by atoms with Gasteiger partial charge in [0, 0.05) is 24.4 Å². The summed E-state index contributed by atoms with van der Waals surface area (Å²) >= 11 is 1.78. The van der Waals surface area contributed by atoms with Crippen molar-refractivity contribution in [1.29, 1.82) is 0 Å². The number of hydrogen-bond acceptors (Lipinski definition) is 6. The molecule has 2 saturated heterocycles. The Hall–Kier alpha value is -2.64.